The molecule has 2 atom stereocenters. The van der Waals surface area contributed by atoms with Crippen molar-refractivity contribution >= 4 is 19.7 Å². The van der Waals surface area contributed by atoms with Crippen molar-refractivity contribution in [3.8, 4) is 0 Å². The van der Waals surface area contributed by atoms with Gasteiger partial charge in [-0.3, -0.25) is 0 Å². The minimum absolute atomic E-state index is 0.327. The topological polar surface area (TPSA) is 68.3 Å². The average Bonchev–Trinajstić information content (AvgIpc) is 2.49. The van der Waals surface area contributed by atoms with E-state index < -0.39 is 30.2 Å². The van der Waals surface area contributed by atoms with Gasteiger partial charge in [-0.25, -0.2) is 16.8 Å². The van der Waals surface area contributed by atoms with Crippen LogP contribution in [0.3, 0.4) is 0 Å². The Hall–Kier alpha value is -1.92. The highest BCUT2D eigenvalue weighted by atomic mass is 32.2. The van der Waals surface area contributed by atoms with Crippen LogP contribution >= 0.6 is 0 Å². The molecule has 1 aromatic carbocycles. The summed E-state index contributed by atoms with van der Waals surface area (Å²) in [6, 6.07) is 6.37. The smallest absolute Gasteiger partial charge is 0.181 e. The van der Waals surface area contributed by atoms with Crippen LogP contribution in [0.4, 0.5) is 0 Å². The zero-order valence-electron chi connectivity index (χ0n) is 12.1. The molecule has 0 saturated carbocycles. The molecule has 0 aliphatic rings. The summed E-state index contributed by atoms with van der Waals surface area (Å²) in [5.74, 6) is 0. The predicted octanol–water partition coefficient (Wildman–Crippen LogP) is 3.26. The molecule has 22 heavy (non-hydrogen) atoms. The predicted molar refractivity (Wildman–Crippen MR) is 90.6 cm³/mol. The van der Waals surface area contributed by atoms with Gasteiger partial charge in [-0.15, -0.1) is 13.2 Å². The molecule has 1 rings (SSSR count). The van der Waals surface area contributed by atoms with Gasteiger partial charge in [0.2, 0.25) is 0 Å². The highest BCUT2D eigenvalue weighted by molar-refractivity contribution is 7.95. The summed E-state index contributed by atoms with van der Waals surface area (Å²) in [5, 5.41) is -0.491. The first-order valence-electron chi connectivity index (χ1n) is 6.31. The third-order valence-electron chi connectivity index (χ3n) is 3.21. The molecule has 0 aliphatic carbocycles. The second kappa shape index (κ2) is 6.89. The summed E-state index contributed by atoms with van der Waals surface area (Å²) < 4.78 is 48.5. The second-order valence-electron chi connectivity index (χ2n) is 4.45. The van der Waals surface area contributed by atoms with Crippen LogP contribution in [0.5, 0.6) is 0 Å². The minimum atomic E-state index is -3.69. The van der Waals surface area contributed by atoms with Gasteiger partial charge < -0.3 is 0 Å². The molecule has 0 aromatic heterocycles. The Labute approximate surface area is 132 Å². The monoisotopic (exact) mass is 338 g/mol. The first-order chi connectivity index (χ1) is 10.2. The molecule has 2 unspecified atom stereocenters. The molecule has 0 radical (unpaired) electrons. The lowest BCUT2D eigenvalue weighted by Crippen LogP contribution is -2.15. The molecule has 6 heteroatoms. The Morgan fingerprint density at radius 1 is 0.727 bits per heavy atom. The molecule has 0 bridgehead atoms. The van der Waals surface area contributed by atoms with Crippen LogP contribution in [0.2, 0.25) is 0 Å². The van der Waals surface area contributed by atoms with Gasteiger partial charge >= 0.3 is 0 Å². The Kier molecular flexibility index (Phi) is 5.68. The van der Waals surface area contributed by atoms with E-state index in [0.717, 1.165) is 10.8 Å². The molecule has 0 fully saturated rings. The molecule has 0 amide bonds. The van der Waals surface area contributed by atoms with E-state index in [2.05, 4.69) is 26.3 Å². The van der Waals surface area contributed by atoms with Crippen LogP contribution < -0.4 is 0 Å². The zero-order chi connectivity index (χ0) is 17.0. The van der Waals surface area contributed by atoms with E-state index >= 15 is 0 Å². The van der Waals surface area contributed by atoms with Gasteiger partial charge in [-0.05, 0) is 11.1 Å². The van der Waals surface area contributed by atoms with E-state index in [9.17, 15) is 16.8 Å². The van der Waals surface area contributed by atoms with Gasteiger partial charge in [-0.2, -0.15) is 0 Å². The Balaban J connectivity index is 3.67. The zero-order valence-corrected chi connectivity index (χ0v) is 13.7. The molecule has 1 aromatic rings. The fraction of sp³-hybridized carbons (Fsp3) is 0.125. The van der Waals surface area contributed by atoms with Gasteiger partial charge in [0.1, 0.15) is 10.5 Å². The molecular formula is C16H18O4S2. The Morgan fingerprint density at radius 3 is 1.27 bits per heavy atom. The molecule has 0 N–H and O–H groups in total. The summed E-state index contributed by atoms with van der Waals surface area (Å²) in [5.41, 5.74) is 0.653. The first-order valence-corrected chi connectivity index (χ1v) is 9.53. The van der Waals surface area contributed by atoms with Crippen LogP contribution in [-0.2, 0) is 19.7 Å². The van der Waals surface area contributed by atoms with Crippen molar-refractivity contribution in [3.63, 3.8) is 0 Å². The molecular weight excluding hydrogens is 320 g/mol. The standard InChI is InChI=1S/C16H18O4S2/c1-5-15(21(17,18)7-3)13-11-9-10-12-14(13)16(6-2)22(19,20)8-4/h5-12,15-16H,1-4H2. The number of hydrogen-bond donors (Lipinski definition) is 0. The normalized spacial score (nSPS) is 14.5. The van der Waals surface area contributed by atoms with E-state index in [1.165, 1.54) is 12.2 Å². The Morgan fingerprint density at radius 2 is 1.05 bits per heavy atom. The van der Waals surface area contributed by atoms with Crippen LogP contribution in [0.25, 0.3) is 0 Å². The highest BCUT2D eigenvalue weighted by Crippen LogP contribution is 2.35. The lowest BCUT2D eigenvalue weighted by atomic mass is 10.0. The molecule has 4 nitrogen and oxygen atoms in total. The van der Waals surface area contributed by atoms with E-state index in [1.807, 2.05) is 0 Å². The average molecular weight is 338 g/mol. The van der Waals surface area contributed by atoms with Crippen molar-refractivity contribution in [3.05, 3.63) is 84.7 Å². The third-order valence-corrected chi connectivity index (χ3v) is 6.45. The lowest BCUT2D eigenvalue weighted by molar-refractivity contribution is 0.594. The van der Waals surface area contributed by atoms with Crippen molar-refractivity contribution in [2.75, 3.05) is 0 Å². The summed E-state index contributed by atoms with van der Waals surface area (Å²) in [4.78, 5) is 0. The van der Waals surface area contributed by atoms with E-state index in [0.29, 0.717) is 11.1 Å². The first kappa shape index (κ1) is 18.1. The summed E-state index contributed by atoms with van der Waals surface area (Å²) in [7, 11) is -7.38. The highest BCUT2D eigenvalue weighted by Gasteiger charge is 2.29. The van der Waals surface area contributed by atoms with Crippen molar-refractivity contribution in [2.24, 2.45) is 0 Å². The fourth-order valence-electron chi connectivity index (χ4n) is 2.11. The molecule has 118 valence electrons. The maximum Gasteiger partial charge on any atom is 0.181 e. The summed E-state index contributed by atoms with van der Waals surface area (Å²) in [6.07, 6.45) is 2.49. The third kappa shape index (κ3) is 3.45. The quantitative estimate of drug-likeness (QED) is 0.682. The SMILES string of the molecule is C=CC(c1ccccc1C(C=C)S(=O)(=O)C=C)S(=O)(=O)C=C. The molecule has 0 heterocycles. The van der Waals surface area contributed by atoms with Gasteiger partial charge in [0.25, 0.3) is 0 Å². The van der Waals surface area contributed by atoms with Gasteiger partial charge in [0, 0.05) is 10.8 Å². The van der Waals surface area contributed by atoms with E-state index in [-0.39, 0.29) is 0 Å². The number of rotatable bonds is 8. The van der Waals surface area contributed by atoms with E-state index in [4.69, 9.17) is 0 Å². The van der Waals surface area contributed by atoms with Crippen LogP contribution in [-0.4, -0.2) is 16.8 Å². The molecule has 0 aliphatic heterocycles. The molecule has 0 saturated heterocycles. The number of sulfone groups is 2. The van der Waals surface area contributed by atoms with E-state index in [1.54, 1.807) is 24.3 Å². The van der Waals surface area contributed by atoms with Crippen molar-refractivity contribution in [1.29, 1.82) is 0 Å². The maximum atomic E-state index is 12.1. The summed E-state index contributed by atoms with van der Waals surface area (Å²) in [6.45, 7) is 13.7. The van der Waals surface area contributed by atoms with Crippen molar-refractivity contribution < 1.29 is 16.8 Å². The lowest BCUT2D eigenvalue weighted by Gasteiger charge is -2.20. The van der Waals surface area contributed by atoms with Crippen molar-refractivity contribution in [1.82, 2.24) is 0 Å². The summed E-state index contributed by atoms with van der Waals surface area (Å²) >= 11 is 0. The van der Waals surface area contributed by atoms with Crippen LogP contribution in [0.1, 0.15) is 21.6 Å². The van der Waals surface area contributed by atoms with Crippen molar-refractivity contribution in [2.45, 2.75) is 10.5 Å². The number of benzene rings is 1. The minimum Gasteiger partial charge on any atom is -0.223 e. The second-order valence-corrected chi connectivity index (χ2v) is 8.49. The largest absolute Gasteiger partial charge is 0.223 e. The van der Waals surface area contributed by atoms with Gasteiger partial charge in [-0.1, -0.05) is 49.6 Å². The van der Waals surface area contributed by atoms with Crippen LogP contribution in [0.15, 0.2) is 73.5 Å². The molecule has 0 spiro atoms. The Bertz CT molecular complexity index is 733. The van der Waals surface area contributed by atoms with Gasteiger partial charge in [0.15, 0.2) is 19.7 Å². The van der Waals surface area contributed by atoms with Gasteiger partial charge in [0.05, 0.1) is 0 Å². The number of hydrogen-bond acceptors (Lipinski definition) is 4. The van der Waals surface area contributed by atoms with Crippen LogP contribution in [0, 0.1) is 0 Å². The fourth-order valence-corrected chi connectivity index (χ4v) is 4.20. The maximum absolute atomic E-state index is 12.1.